The summed E-state index contributed by atoms with van der Waals surface area (Å²) in [6.07, 6.45) is 10.4. The molecular formula is C46H59ClN10O7S. The molecule has 1 aliphatic heterocycles. The zero-order valence-corrected chi connectivity index (χ0v) is 38.7. The minimum absolute atomic E-state index is 0.0707. The highest BCUT2D eigenvalue weighted by Crippen LogP contribution is 2.29. The molecule has 4 N–H and O–H groups in total. The number of aryl methyl sites for hydroxylation is 2. The highest BCUT2D eigenvalue weighted by molar-refractivity contribution is 7.17. The second-order valence-electron chi connectivity index (χ2n) is 15.7. The number of hydrogen-bond donors (Lipinski definition) is 4. The van der Waals surface area contributed by atoms with Crippen molar-refractivity contribution in [1.29, 1.82) is 0 Å². The van der Waals surface area contributed by atoms with Crippen LogP contribution in [-0.2, 0) is 19.0 Å². The van der Waals surface area contributed by atoms with E-state index in [9.17, 15) is 19.2 Å². The molecule has 1 aliphatic rings. The van der Waals surface area contributed by atoms with Gasteiger partial charge in [0.2, 0.25) is 5.91 Å². The first-order valence-corrected chi connectivity index (χ1v) is 23.4. The molecule has 2 aromatic carbocycles. The highest BCUT2D eigenvalue weighted by atomic mass is 35.5. The minimum atomic E-state index is -0.521. The van der Waals surface area contributed by atoms with Crippen molar-refractivity contribution in [2.75, 3.05) is 93.2 Å². The fourth-order valence-corrected chi connectivity index (χ4v) is 8.13. The van der Waals surface area contributed by atoms with Crippen LogP contribution >= 0.6 is 22.9 Å². The van der Waals surface area contributed by atoms with Crippen LogP contribution in [0.3, 0.4) is 0 Å². The van der Waals surface area contributed by atoms with Gasteiger partial charge < -0.3 is 35.1 Å². The van der Waals surface area contributed by atoms with Gasteiger partial charge in [-0.3, -0.25) is 28.8 Å². The second kappa shape index (κ2) is 25.8. The van der Waals surface area contributed by atoms with Crippen molar-refractivity contribution in [3.63, 3.8) is 0 Å². The summed E-state index contributed by atoms with van der Waals surface area (Å²) < 4.78 is 18.4. The van der Waals surface area contributed by atoms with E-state index in [-0.39, 0.29) is 11.8 Å². The van der Waals surface area contributed by atoms with Gasteiger partial charge in [0, 0.05) is 69.8 Å². The number of rotatable bonds is 26. The van der Waals surface area contributed by atoms with Crippen molar-refractivity contribution < 1.29 is 23.8 Å². The monoisotopic (exact) mass is 930 g/mol. The summed E-state index contributed by atoms with van der Waals surface area (Å²) in [6.45, 7) is 12.1. The number of carbonyl (C=O) groups is 2. The van der Waals surface area contributed by atoms with Crippen LogP contribution in [0.4, 0.5) is 28.1 Å². The van der Waals surface area contributed by atoms with Gasteiger partial charge in [-0.15, -0.1) is 0 Å². The number of para-hydroxylation sites is 1. The molecule has 2 amide bonds. The fourth-order valence-electron chi connectivity index (χ4n) is 7.14. The van der Waals surface area contributed by atoms with Gasteiger partial charge in [-0.1, -0.05) is 54.3 Å². The van der Waals surface area contributed by atoms with E-state index in [1.54, 1.807) is 36.5 Å². The smallest absolute Gasteiger partial charge is 0.332 e. The lowest BCUT2D eigenvalue weighted by molar-refractivity contribution is -0.116. The third-order valence-corrected chi connectivity index (χ3v) is 11.9. The quantitative estimate of drug-likeness (QED) is 0.0415. The van der Waals surface area contributed by atoms with Gasteiger partial charge >= 0.3 is 5.69 Å². The first kappa shape index (κ1) is 48.9. The maximum Gasteiger partial charge on any atom is 0.332 e. The van der Waals surface area contributed by atoms with Crippen molar-refractivity contribution in [2.24, 2.45) is 0 Å². The van der Waals surface area contributed by atoms with Crippen LogP contribution in [0.1, 0.15) is 72.4 Å². The largest absolute Gasteiger partial charge is 0.379 e. The van der Waals surface area contributed by atoms with Crippen molar-refractivity contribution in [1.82, 2.24) is 29.4 Å². The van der Waals surface area contributed by atoms with Gasteiger partial charge in [0.05, 0.1) is 49.0 Å². The third kappa shape index (κ3) is 16.2. The first-order valence-electron chi connectivity index (χ1n) is 22.2. The number of H-pyrrole nitrogens is 1. The molecule has 19 heteroatoms. The van der Waals surface area contributed by atoms with Crippen molar-refractivity contribution in [3.05, 3.63) is 109 Å². The number of nitrogens with one attached hydrogen (secondary N) is 4. The Kier molecular flexibility index (Phi) is 19.5. The number of halogens is 1. The van der Waals surface area contributed by atoms with Crippen molar-refractivity contribution >= 4 is 62.9 Å². The average Bonchev–Trinajstić information content (AvgIpc) is 3.76. The minimum Gasteiger partial charge on any atom is -0.379 e. The van der Waals surface area contributed by atoms with E-state index >= 15 is 0 Å². The molecule has 6 rings (SSSR count). The lowest BCUT2D eigenvalue weighted by atomic mass is 10.2. The number of aromatic nitrogens is 5. The predicted octanol–water partition coefficient (Wildman–Crippen LogP) is 6.97. The molecule has 5 aromatic rings. The molecule has 0 bridgehead atoms. The number of thiazole rings is 1. The summed E-state index contributed by atoms with van der Waals surface area (Å²) in [6, 6.07) is 15.6. The lowest BCUT2D eigenvalue weighted by Crippen LogP contribution is -2.47. The number of aromatic amines is 1. The number of amides is 2. The topological polar surface area (TPSA) is 198 Å². The molecule has 348 valence electrons. The molecule has 0 aliphatic carbocycles. The average molecular weight is 932 g/mol. The SMILES string of the molecule is Cc1nc(Nc2ncc(C(=O)Nc3c(C)cccc3Cl)s2)cc(N2CCN(CCCCCCOCCOCCOCCCCCC(=O)Nc3ccc(-n4ccc(=O)[nH]c4=O)cc3)CC2)n1. The normalized spacial score (nSPS) is 12.9. The van der Waals surface area contributed by atoms with E-state index in [1.807, 2.05) is 32.0 Å². The molecule has 1 saturated heterocycles. The maximum atomic E-state index is 12.9. The van der Waals surface area contributed by atoms with Gasteiger partial charge in [-0.25, -0.2) is 19.7 Å². The number of unbranched alkanes of at least 4 members (excludes halogenated alkanes) is 5. The van der Waals surface area contributed by atoms with E-state index in [4.69, 9.17) is 30.8 Å². The Morgan fingerprint density at radius 2 is 1.49 bits per heavy atom. The van der Waals surface area contributed by atoms with Gasteiger partial charge in [0.1, 0.15) is 22.3 Å². The summed E-state index contributed by atoms with van der Waals surface area (Å²) in [5, 5.41) is 10.1. The van der Waals surface area contributed by atoms with Gasteiger partial charge in [0.25, 0.3) is 11.5 Å². The number of ether oxygens (including phenoxy) is 3. The van der Waals surface area contributed by atoms with E-state index in [0.29, 0.717) is 83.2 Å². The highest BCUT2D eigenvalue weighted by Gasteiger charge is 2.20. The number of benzene rings is 2. The number of anilines is 5. The van der Waals surface area contributed by atoms with Crippen LogP contribution < -0.4 is 32.1 Å². The Hall–Kier alpha value is -5.50. The summed E-state index contributed by atoms with van der Waals surface area (Å²) in [5.74, 6) is 1.83. The van der Waals surface area contributed by atoms with Gasteiger partial charge in [-0.2, -0.15) is 0 Å². The fraction of sp³-hybridized carbons (Fsp3) is 0.457. The zero-order chi connectivity index (χ0) is 45.8. The number of piperazine rings is 1. The summed E-state index contributed by atoms with van der Waals surface area (Å²) >= 11 is 7.54. The van der Waals surface area contributed by atoms with Gasteiger partial charge in [-0.05, 0) is 82.0 Å². The summed E-state index contributed by atoms with van der Waals surface area (Å²) in [7, 11) is 0. The Labute approximate surface area is 387 Å². The summed E-state index contributed by atoms with van der Waals surface area (Å²) in [5.41, 5.74) is 1.73. The van der Waals surface area contributed by atoms with E-state index in [2.05, 4.69) is 40.7 Å². The van der Waals surface area contributed by atoms with Crippen LogP contribution in [0.5, 0.6) is 0 Å². The van der Waals surface area contributed by atoms with Gasteiger partial charge in [0.15, 0.2) is 5.13 Å². The molecular weight excluding hydrogens is 872 g/mol. The molecule has 0 saturated carbocycles. The molecule has 0 unspecified atom stereocenters. The first-order chi connectivity index (χ1) is 31.6. The van der Waals surface area contributed by atoms with Crippen LogP contribution in [0.25, 0.3) is 5.69 Å². The molecule has 17 nitrogen and oxygen atoms in total. The van der Waals surface area contributed by atoms with Crippen LogP contribution in [0.15, 0.2) is 76.6 Å². The van der Waals surface area contributed by atoms with Crippen LogP contribution in [-0.4, -0.2) is 114 Å². The van der Waals surface area contributed by atoms with E-state index < -0.39 is 11.2 Å². The molecule has 0 spiro atoms. The predicted molar refractivity (Wildman–Crippen MR) is 256 cm³/mol. The molecule has 4 heterocycles. The van der Waals surface area contributed by atoms with Crippen molar-refractivity contribution in [3.8, 4) is 5.69 Å². The van der Waals surface area contributed by atoms with E-state index in [1.165, 1.54) is 34.6 Å². The van der Waals surface area contributed by atoms with Crippen LogP contribution in [0.2, 0.25) is 5.02 Å². The van der Waals surface area contributed by atoms with E-state index in [0.717, 1.165) is 89.2 Å². The molecule has 1 fully saturated rings. The Morgan fingerprint density at radius 3 is 2.20 bits per heavy atom. The number of carbonyl (C=O) groups excluding carboxylic acids is 2. The Bertz CT molecular complexity index is 2380. The zero-order valence-electron chi connectivity index (χ0n) is 37.1. The standard InChI is InChI=1S/C46H59ClN10O7S/c1-33-11-10-12-37(47)43(33)54-44(60)38-32-48-45(65-38)52-39-31-40(50-34(2)49-39)56-23-21-55(22-24-56)19-7-3-4-8-25-62-27-29-64-30-28-63-26-9-5-6-13-41(58)51-35-14-16-36(17-15-35)57-20-18-42(59)53-46(57)61/h10-12,14-18,20,31-32H,3-9,13,19,21-30H2,1-2H3,(H,51,58)(H,54,60)(H,53,59,61)(H,48,49,50,52). The molecule has 0 atom stereocenters. The van der Waals surface area contributed by atoms with Crippen molar-refractivity contribution in [2.45, 2.75) is 65.2 Å². The summed E-state index contributed by atoms with van der Waals surface area (Å²) in [4.78, 5) is 69.7. The maximum absolute atomic E-state index is 12.9. The lowest BCUT2D eigenvalue weighted by Gasteiger charge is -2.35. The van der Waals surface area contributed by atoms with Crippen LogP contribution in [0, 0.1) is 13.8 Å². The molecule has 0 radical (unpaired) electrons. The Morgan fingerprint density at radius 1 is 0.800 bits per heavy atom. The molecule has 3 aromatic heterocycles. The Balaban J connectivity index is 0.720. The number of nitrogens with zero attached hydrogens (tertiary/aromatic N) is 6. The second-order valence-corrected chi connectivity index (χ2v) is 17.1. The molecule has 65 heavy (non-hydrogen) atoms. The number of hydrogen-bond acceptors (Lipinski definition) is 14. The third-order valence-electron chi connectivity index (χ3n) is 10.6.